The summed E-state index contributed by atoms with van der Waals surface area (Å²) in [5.41, 5.74) is 0. The molecule has 0 saturated heterocycles. The van der Waals surface area contributed by atoms with E-state index in [1.54, 1.807) is 17.5 Å². The Bertz CT molecular complexity index is 294. The minimum Gasteiger partial charge on any atom is -0.302 e. The molecule has 1 heterocycles. The van der Waals surface area contributed by atoms with Crippen molar-refractivity contribution < 1.29 is 8.76 Å². The SMILES string of the molecule is O=S(O)c1cccccccs1. The molecule has 0 aliphatic rings. The van der Waals surface area contributed by atoms with Gasteiger partial charge in [0.05, 0.1) is 0 Å². The van der Waals surface area contributed by atoms with Gasteiger partial charge in [0.2, 0.25) is 0 Å². The van der Waals surface area contributed by atoms with Gasteiger partial charge in [0.15, 0.2) is 11.1 Å². The van der Waals surface area contributed by atoms with Gasteiger partial charge in [0, 0.05) is 0 Å². The van der Waals surface area contributed by atoms with Crippen LogP contribution in [0.2, 0.25) is 0 Å². The first-order valence-corrected chi connectivity index (χ1v) is 5.27. The van der Waals surface area contributed by atoms with Gasteiger partial charge in [0.1, 0.15) is 4.21 Å². The molecule has 0 aliphatic carbocycles. The minimum absolute atomic E-state index is 0.436. The highest BCUT2D eigenvalue weighted by molar-refractivity contribution is 7.81. The minimum atomic E-state index is -1.88. The molecule has 1 rings (SSSR count). The Morgan fingerprint density at radius 3 is 2.58 bits per heavy atom. The second-order valence-electron chi connectivity index (χ2n) is 1.95. The molecule has 1 aromatic rings. The van der Waals surface area contributed by atoms with E-state index in [0.717, 1.165) is 0 Å². The molecule has 0 bridgehead atoms. The molecule has 2 nitrogen and oxygen atoms in total. The summed E-state index contributed by atoms with van der Waals surface area (Å²) in [5, 5.41) is 1.77. The normalized spacial score (nSPS) is 11.8. The summed E-state index contributed by atoms with van der Waals surface area (Å²) < 4.78 is 19.9. The maximum Gasteiger partial charge on any atom is 0.196 e. The van der Waals surface area contributed by atoms with Crippen molar-refractivity contribution in [3.05, 3.63) is 41.8 Å². The lowest BCUT2D eigenvalue weighted by molar-refractivity contribution is 0.566. The lowest BCUT2D eigenvalue weighted by Gasteiger charge is -1.84. The molecule has 0 saturated carbocycles. The molecule has 0 radical (unpaired) electrons. The van der Waals surface area contributed by atoms with Crippen molar-refractivity contribution in [2.24, 2.45) is 0 Å². The zero-order valence-electron chi connectivity index (χ0n) is 6.21. The monoisotopic (exact) mass is 200 g/mol. The van der Waals surface area contributed by atoms with Crippen LogP contribution >= 0.6 is 11.3 Å². The average Bonchev–Trinajstić information content (AvgIpc) is 2.15. The van der Waals surface area contributed by atoms with Crippen LogP contribution < -0.4 is 0 Å². The van der Waals surface area contributed by atoms with Crippen LogP contribution in [0, 0.1) is 0 Å². The Labute approximate surface area is 77.5 Å². The molecule has 0 amide bonds. The van der Waals surface area contributed by atoms with E-state index in [4.69, 9.17) is 4.55 Å². The van der Waals surface area contributed by atoms with Crippen molar-refractivity contribution in [1.82, 2.24) is 0 Å². The lowest BCUT2D eigenvalue weighted by atomic mass is 10.5. The maximum atomic E-state index is 10.7. The zero-order chi connectivity index (χ0) is 8.81. The predicted octanol–water partition coefficient (Wildman–Crippen LogP) is 2.45. The molecule has 1 atom stereocenters. The van der Waals surface area contributed by atoms with Crippen LogP contribution in [-0.4, -0.2) is 8.76 Å². The molecule has 0 spiro atoms. The maximum absolute atomic E-state index is 10.7. The molecule has 0 fully saturated rings. The smallest absolute Gasteiger partial charge is 0.196 e. The van der Waals surface area contributed by atoms with Gasteiger partial charge in [-0.15, -0.1) is 11.3 Å². The zero-order valence-corrected chi connectivity index (χ0v) is 7.85. The summed E-state index contributed by atoms with van der Waals surface area (Å²) >= 11 is -0.638. The fraction of sp³-hybridized carbons (Fsp3) is 0. The van der Waals surface area contributed by atoms with Crippen molar-refractivity contribution in [2.75, 3.05) is 0 Å². The van der Waals surface area contributed by atoms with Crippen molar-refractivity contribution in [3.63, 3.8) is 0 Å². The molecule has 1 unspecified atom stereocenters. The van der Waals surface area contributed by atoms with E-state index in [2.05, 4.69) is 0 Å². The van der Waals surface area contributed by atoms with Gasteiger partial charge >= 0.3 is 0 Å². The van der Waals surface area contributed by atoms with E-state index in [1.165, 1.54) is 11.3 Å². The molecule has 0 aromatic carbocycles. The highest BCUT2D eigenvalue weighted by atomic mass is 32.2. The number of hydrogen-bond donors (Lipinski definition) is 1. The molecular formula is C8H8O2S2. The van der Waals surface area contributed by atoms with Crippen molar-refractivity contribution in [1.29, 1.82) is 0 Å². The first kappa shape index (κ1) is 9.38. The Hall–Kier alpha value is -0.710. The molecule has 1 aromatic heterocycles. The number of rotatable bonds is 1. The van der Waals surface area contributed by atoms with Crippen molar-refractivity contribution in [2.45, 2.75) is 4.21 Å². The first-order chi connectivity index (χ1) is 5.80. The van der Waals surface area contributed by atoms with Crippen LogP contribution in [0.5, 0.6) is 0 Å². The second kappa shape index (κ2) is 5.03. The van der Waals surface area contributed by atoms with Crippen LogP contribution in [0.1, 0.15) is 0 Å². The van der Waals surface area contributed by atoms with Gasteiger partial charge in [-0.3, -0.25) is 0 Å². The molecule has 12 heavy (non-hydrogen) atoms. The highest BCUT2D eigenvalue weighted by Crippen LogP contribution is 2.06. The van der Waals surface area contributed by atoms with E-state index in [1.807, 2.05) is 24.3 Å². The summed E-state index contributed by atoms with van der Waals surface area (Å²) in [7, 11) is 0. The quantitative estimate of drug-likeness (QED) is 0.707. The van der Waals surface area contributed by atoms with Gasteiger partial charge in [0.25, 0.3) is 0 Å². The third-order valence-electron chi connectivity index (χ3n) is 1.11. The van der Waals surface area contributed by atoms with E-state index >= 15 is 0 Å². The fourth-order valence-electron chi connectivity index (χ4n) is 0.617. The average molecular weight is 200 g/mol. The Morgan fingerprint density at radius 2 is 1.83 bits per heavy atom. The Balaban J connectivity index is 3.19. The summed E-state index contributed by atoms with van der Waals surface area (Å²) in [6.07, 6.45) is 0. The fourth-order valence-corrected chi connectivity index (χ4v) is 1.77. The largest absolute Gasteiger partial charge is 0.302 e. The van der Waals surface area contributed by atoms with Gasteiger partial charge < -0.3 is 4.55 Å². The van der Waals surface area contributed by atoms with Crippen LogP contribution in [0.25, 0.3) is 0 Å². The number of hydrogen-bond acceptors (Lipinski definition) is 2. The van der Waals surface area contributed by atoms with Crippen molar-refractivity contribution in [3.8, 4) is 0 Å². The van der Waals surface area contributed by atoms with Crippen LogP contribution in [-0.2, 0) is 11.1 Å². The summed E-state index contributed by atoms with van der Waals surface area (Å²) in [5.74, 6) is 0. The summed E-state index contributed by atoms with van der Waals surface area (Å²) in [4.78, 5) is 0. The van der Waals surface area contributed by atoms with Gasteiger partial charge in [-0.2, -0.15) is 0 Å². The van der Waals surface area contributed by atoms with Crippen LogP contribution in [0.15, 0.2) is 46.0 Å². The highest BCUT2D eigenvalue weighted by Gasteiger charge is 1.93. The van der Waals surface area contributed by atoms with E-state index in [9.17, 15) is 4.21 Å². The second-order valence-corrected chi connectivity index (χ2v) is 4.10. The summed E-state index contributed by atoms with van der Waals surface area (Å²) in [6, 6.07) is 10.7. The molecule has 64 valence electrons. The standard InChI is InChI=1S/C8H8O2S2/c9-12(10)8-6-4-2-1-3-5-7-11-8/h1-7H,(H,9,10). The van der Waals surface area contributed by atoms with Gasteiger partial charge in [-0.1, -0.05) is 30.3 Å². The topological polar surface area (TPSA) is 37.3 Å². The van der Waals surface area contributed by atoms with E-state index in [-0.39, 0.29) is 0 Å². The molecule has 4 heteroatoms. The van der Waals surface area contributed by atoms with Crippen LogP contribution in [0.4, 0.5) is 0 Å². The summed E-state index contributed by atoms with van der Waals surface area (Å²) in [6.45, 7) is 0. The third kappa shape index (κ3) is 3.13. The first-order valence-electron chi connectivity index (χ1n) is 3.28. The van der Waals surface area contributed by atoms with Gasteiger partial charge in [-0.05, 0) is 11.4 Å². The lowest BCUT2D eigenvalue weighted by Crippen LogP contribution is -1.81. The van der Waals surface area contributed by atoms with Crippen molar-refractivity contribution >= 4 is 22.4 Å². The van der Waals surface area contributed by atoms with Crippen LogP contribution in [0.3, 0.4) is 0 Å². The Kier molecular flexibility index (Phi) is 3.93. The predicted molar refractivity (Wildman–Crippen MR) is 51.0 cm³/mol. The molecular weight excluding hydrogens is 192 g/mol. The van der Waals surface area contributed by atoms with E-state index < -0.39 is 11.1 Å². The molecule has 1 N–H and O–H groups in total. The van der Waals surface area contributed by atoms with Gasteiger partial charge in [-0.25, -0.2) is 4.21 Å². The van der Waals surface area contributed by atoms with E-state index in [0.29, 0.717) is 4.21 Å². The Morgan fingerprint density at radius 1 is 1.17 bits per heavy atom. The molecule has 0 aliphatic heterocycles. The third-order valence-corrected chi connectivity index (χ3v) is 2.97.